The van der Waals surface area contributed by atoms with Crippen molar-refractivity contribution in [1.29, 1.82) is 5.26 Å². The molecule has 0 fully saturated rings. The molecule has 0 amide bonds. The Morgan fingerprint density at radius 2 is 1.95 bits per heavy atom. The standard InChI is InChI=1S/C9H4Cl2F3NO3S/c10-3-5-1-2-7(19(11,16)17)8(6(5)4-15)18-9(12,13)14/h1-2H,3H2. The van der Waals surface area contributed by atoms with Gasteiger partial charge in [-0.25, -0.2) is 8.42 Å². The number of nitriles is 1. The smallest absolute Gasteiger partial charge is 0.403 e. The van der Waals surface area contributed by atoms with Gasteiger partial charge >= 0.3 is 6.36 Å². The van der Waals surface area contributed by atoms with Crippen molar-refractivity contribution < 1.29 is 26.3 Å². The zero-order chi connectivity index (χ0) is 14.8. The molecule has 1 rings (SSSR count). The van der Waals surface area contributed by atoms with E-state index in [9.17, 15) is 21.6 Å². The van der Waals surface area contributed by atoms with E-state index in [1.165, 1.54) is 6.07 Å². The van der Waals surface area contributed by atoms with Gasteiger partial charge < -0.3 is 4.74 Å². The predicted molar refractivity (Wildman–Crippen MR) is 60.4 cm³/mol. The highest BCUT2D eigenvalue weighted by molar-refractivity contribution is 8.13. The van der Waals surface area contributed by atoms with Gasteiger partial charge in [0.25, 0.3) is 9.05 Å². The molecule has 0 aliphatic rings. The molecule has 1 aromatic rings. The normalized spacial score (nSPS) is 12.0. The highest BCUT2D eigenvalue weighted by atomic mass is 35.7. The molecule has 0 unspecified atom stereocenters. The average Bonchev–Trinajstić information content (AvgIpc) is 2.24. The van der Waals surface area contributed by atoms with Crippen molar-refractivity contribution in [3.05, 3.63) is 23.3 Å². The van der Waals surface area contributed by atoms with E-state index in [0.717, 1.165) is 12.1 Å². The van der Waals surface area contributed by atoms with Crippen LogP contribution in [0.25, 0.3) is 0 Å². The monoisotopic (exact) mass is 333 g/mol. The summed E-state index contributed by atoms with van der Waals surface area (Å²) in [5.74, 6) is -1.47. The number of ether oxygens (including phenoxy) is 1. The van der Waals surface area contributed by atoms with Crippen molar-refractivity contribution in [1.82, 2.24) is 0 Å². The number of nitrogens with zero attached hydrogens (tertiary/aromatic N) is 1. The summed E-state index contributed by atoms with van der Waals surface area (Å²) in [7, 11) is 0.489. The molecule has 10 heteroatoms. The Morgan fingerprint density at radius 3 is 2.32 bits per heavy atom. The second-order valence-electron chi connectivity index (χ2n) is 3.16. The number of halogens is 5. The van der Waals surface area contributed by atoms with Crippen LogP contribution in [0.2, 0.25) is 0 Å². The number of rotatable bonds is 3. The number of alkyl halides is 4. The first-order valence-corrected chi connectivity index (χ1v) is 7.27. The van der Waals surface area contributed by atoms with Crippen LogP contribution in [0, 0.1) is 11.3 Å². The van der Waals surface area contributed by atoms with Gasteiger partial charge in [-0.05, 0) is 11.6 Å². The van der Waals surface area contributed by atoms with Gasteiger partial charge in [0, 0.05) is 16.6 Å². The average molecular weight is 334 g/mol. The summed E-state index contributed by atoms with van der Waals surface area (Å²) < 4.78 is 62.7. The Morgan fingerprint density at radius 1 is 1.37 bits per heavy atom. The van der Waals surface area contributed by atoms with Crippen molar-refractivity contribution in [3.63, 3.8) is 0 Å². The van der Waals surface area contributed by atoms with E-state index in [1.807, 2.05) is 0 Å². The third kappa shape index (κ3) is 3.89. The molecule has 1 aromatic carbocycles. The van der Waals surface area contributed by atoms with E-state index in [2.05, 4.69) is 4.74 Å². The molecule has 0 radical (unpaired) electrons. The fourth-order valence-corrected chi connectivity index (χ4v) is 2.43. The summed E-state index contributed by atoms with van der Waals surface area (Å²) in [6.07, 6.45) is -5.17. The molecule has 0 saturated heterocycles. The molecule has 0 atom stereocenters. The van der Waals surface area contributed by atoms with Crippen LogP contribution in [0.4, 0.5) is 13.2 Å². The van der Waals surface area contributed by atoms with E-state index in [4.69, 9.17) is 27.5 Å². The summed E-state index contributed by atoms with van der Waals surface area (Å²) in [5, 5.41) is 8.82. The molecule has 0 spiro atoms. The van der Waals surface area contributed by atoms with Gasteiger partial charge in [-0.15, -0.1) is 24.8 Å². The minimum absolute atomic E-state index is 0.00696. The van der Waals surface area contributed by atoms with Gasteiger partial charge in [-0.1, -0.05) is 6.07 Å². The highest BCUT2D eigenvalue weighted by Gasteiger charge is 2.36. The number of hydrogen-bond donors (Lipinski definition) is 0. The molecular formula is C9H4Cl2F3NO3S. The van der Waals surface area contributed by atoms with Crippen LogP contribution in [-0.2, 0) is 14.9 Å². The second kappa shape index (κ2) is 5.45. The van der Waals surface area contributed by atoms with E-state index in [-0.39, 0.29) is 11.4 Å². The lowest BCUT2D eigenvalue weighted by Gasteiger charge is -2.14. The zero-order valence-electron chi connectivity index (χ0n) is 8.83. The molecule has 0 N–H and O–H groups in total. The number of hydrogen-bond acceptors (Lipinski definition) is 4. The van der Waals surface area contributed by atoms with Crippen molar-refractivity contribution in [2.45, 2.75) is 17.1 Å². The summed E-state index contributed by atoms with van der Waals surface area (Å²) in [6, 6.07) is 3.30. The fourth-order valence-electron chi connectivity index (χ4n) is 1.25. The summed E-state index contributed by atoms with van der Waals surface area (Å²) in [4.78, 5) is -0.947. The molecule has 0 heterocycles. The van der Waals surface area contributed by atoms with Crippen LogP contribution in [0.5, 0.6) is 5.75 Å². The van der Waals surface area contributed by atoms with Crippen LogP contribution >= 0.6 is 22.3 Å². The Labute approximate surface area is 115 Å². The van der Waals surface area contributed by atoms with Gasteiger partial charge in [-0.2, -0.15) is 5.26 Å². The summed E-state index contributed by atoms with van der Waals surface area (Å²) in [6.45, 7) is 0. The largest absolute Gasteiger partial charge is 0.573 e. The molecular weight excluding hydrogens is 330 g/mol. The first-order chi connectivity index (χ1) is 8.60. The third-order valence-corrected chi connectivity index (χ3v) is 3.58. The number of benzene rings is 1. The van der Waals surface area contributed by atoms with Gasteiger partial charge in [0.05, 0.1) is 0 Å². The fraction of sp³-hybridized carbons (Fsp3) is 0.222. The molecule has 19 heavy (non-hydrogen) atoms. The molecule has 0 saturated carbocycles. The lowest BCUT2D eigenvalue weighted by atomic mass is 10.1. The maximum atomic E-state index is 12.3. The minimum Gasteiger partial charge on any atom is -0.403 e. The van der Waals surface area contributed by atoms with Gasteiger partial charge in [-0.3, -0.25) is 0 Å². The highest BCUT2D eigenvalue weighted by Crippen LogP contribution is 2.36. The van der Waals surface area contributed by atoms with Crippen LogP contribution in [-0.4, -0.2) is 14.8 Å². The molecule has 0 bridgehead atoms. The Hall–Kier alpha value is -1.17. The zero-order valence-corrected chi connectivity index (χ0v) is 11.2. The Balaban J connectivity index is 3.65. The van der Waals surface area contributed by atoms with Crippen molar-refractivity contribution >= 4 is 31.3 Å². The quantitative estimate of drug-likeness (QED) is 0.629. The Bertz CT molecular complexity index is 637. The van der Waals surface area contributed by atoms with Crippen molar-refractivity contribution in [3.8, 4) is 11.8 Å². The molecule has 104 valence electrons. The molecule has 0 aromatic heterocycles. The van der Waals surface area contributed by atoms with Crippen molar-refractivity contribution in [2.24, 2.45) is 0 Å². The van der Waals surface area contributed by atoms with E-state index in [1.54, 1.807) is 0 Å². The van der Waals surface area contributed by atoms with Crippen LogP contribution < -0.4 is 4.74 Å². The molecule has 4 nitrogen and oxygen atoms in total. The topological polar surface area (TPSA) is 67.2 Å². The third-order valence-electron chi connectivity index (χ3n) is 1.94. The maximum Gasteiger partial charge on any atom is 0.573 e. The van der Waals surface area contributed by atoms with Crippen LogP contribution in [0.15, 0.2) is 17.0 Å². The van der Waals surface area contributed by atoms with E-state index >= 15 is 0 Å². The van der Waals surface area contributed by atoms with Gasteiger partial charge in [0.1, 0.15) is 16.5 Å². The molecule has 0 aliphatic carbocycles. The van der Waals surface area contributed by atoms with Gasteiger partial charge in [0.15, 0.2) is 5.75 Å². The minimum atomic E-state index is -5.17. The first-order valence-electron chi connectivity index (χ1n) is 4.42. The first kappa shape index (κ1) is 15.9. The Kier molecular flexibility index (Phi) is 4.55. The molecule has 0 aliphatic heterocycles. The summed E-state index contributed by atoms with van der Waals surface area (Å²) >= 11 is 5.45. The summed E-state index contributed by atoms with van der Waals surface area (Å²) in [5.41, 5.74) is -0.637. The lowest BCUT2D eigenvalue weighted by Crippen LogP contribution is -2.19. The van der Waals surface area contributed by atoms with Crippen molar-refractivity contribution in [2.75, 3.05) is 0 Å². The van der Waals surface area contributed by atoms with E-state index in [0.29, 0.717) is 0 Å². The van der Waals surface area contributed by atoms with Crippen LogP contribution in [0.1, 0.15) is 11.1 Å². The predicted octanol–water partition coefficient (Wildman–Crippen LogP) is 3.12. The van der Waals surface area contributed by atoms with Crippen LogP contribution in [0.3, 0.4) is 0 Å². The van der Waals surface area contributed by atoms with E-state index < -0.39 is 31.6 Å². The van der Waals surface area contributed by atoms with Gasteiger partial charge in [0.2, 0.25) is 0 Å². The maximum absolute atomic E-state index is 12.3. The lowest BCUT2D eigenvalue weighted by molar-refractivity contribution is -0.275. The second-order valence-corrected chi connectivity index (χ2v) is 5.96. The SMILES string of the molecule is N#Cc1c(CCl)ccc(S(=O)(=O)Cl)c1OC(F)(F)F.